The van der Waals surface area contributed by atoms with Gasteiger partial charge in [0, 0.05) is 24.5 Å². The van der Waals surface area contributed by atoms with Crippen LogP contribution in [0.2, 0.25) is 0 Å². The van der Waals surface area contributed by atoms with Crippen molar-refractivity contribution in [2.24, 2.45) is 0 Å². The second kappa shape index (κ2) is 7.88. The molecular weight excluding hydrogens is 284 g/mol. The molecule has 0 bridgehead atoms. The average Bonchev–Trinajstić information content (AvgIpc) is 2.86. The van der Waals surface area contributed by atoms with Gasteiger partial charge in [0.05, 0.1) is 12.7 Å². The lowest BCUT2D eigenvalue weighted by molar-refractivity contribution is 0.563. The highest BCUT2D eigenvalue weighted by atomic mass is 32.2. The van der Waals surface area contributed by atoms with Crippen LogP contribution in [0.25, 0.3) is 0 Å². The summed E-state index contributed by atoms with van der Waals surface area (Å²) in [6.45, 7) is 6.74. The Morgan fingerprint density at radius 2 is 2.26 bits per heavy atom. The maximum absolute atomic E-state index is 12.0. The van der Waals surface area contributed by atoms with Gasteiger partial charge in [-0.25, -0.2) is 13.1 Å². The van der Waals surface area contributed by atoms with Crippen LogP contribution in [0.3, 0.4) is 0 Å². The zero-order chi connectivity index (χ0) is 14.3. The second-order valence-electron chi connectivity index (χ2n) is 4.19. The molecule has 1 unspecified atom stereocenters. The third kappa shape index (κ3) is 5.52. The monoisotopic (exact) mass is 306 g/mol. The molecule has 0 aliphatic heterocycles. The summed E-state index contributed by atoms with van der Waals surface area (Å²) in [5.41, 5.74) is 0. The standard InChI is InChI=1S/C11H22N4O2S2/c1-4-12-5-6-15-9-11(8-13-15)19(16,17)14-7-10(2)18-3/h8-10,12,14H,4-7H2,1-3H3. The predicted molar refractivity (Wildman–Crippen MR) is 78.9 cm³/mol. The molecule has 0 aromatic carbocycles. The number of hydrogen-bond acceptors (Lipinski definition) is 5. The minimum Gasteiger partial charge on any atom is -0.315 e. The zero-order valence-corrected chi connectivity index (χ0v) is 13.2. The van der Waals surface area contributed by atoms with Crippen LogP contribution in [0.4, 0.5) is 0 Å². The third-order valence-electron chi connectivity index (χ3n) is 2.65. The first-order valence-electron chi connectivity index (χ1n) is 6.25. The molecule has 1 aromatic rings. The van der Waals surface area contributed by atoms with E-state index in [4.69, 9.17) is 0 Å². The lowest BCUT2D eigenvalue weighted by atomic mass is 10.5. The molecule has 0 saturated carbocycles. The van der Waals surface area contributed by atoms with E-state index in [1.807, 2.05) is 20.1 Å². The summed E-state index contributed by atoms with van der Waals surface area (Å²) in [6, 6.07) is 0. The van der Waals surface area contributed by atoms with Crippen molar-refractivity contribution >= 4 is 21.8 Å². The normalized spacial score (nSPS) is 13.6. The maximum atomic E-state index is 12.0. The molecule has 8 heteroatoms. The van der Waals surface area contributed by atoms with Crippen molar-refractivity contribution in [1.82, 2.24) is 19.8 Å². The molecule has 2 N–H and O–H groups in total. The van der Waals surface area contributed by atoms with Gasteiger partial charge in [0.1, 0.15) is 4.90 Å². The minimum absolute atomic E-state index is 0.220. The van der Waals surface area contributed by atoms with Gasteiger partial charge in [-0.3, -0.25) is 4.68 Å². The summed E-state index contributed by atoms with van der Waals surface area (Å²) in [4.78, 5) is 0.220. The van der Waals surface area contributed by atoms with Crippen LogP contribution >= 0.6 is 11.8 Å². The van der Waals surface area contributed by atoms with E-state index < -0.39 is 10.0 Å². The van der Waals surface area contributed by atoms with E-state index in [2.05, 4.69) is 15.1 Å². The fourth-order valence-electron chi connectivity index (χ4n) is 1.37. The SMILES string of the molecule is CCNCCn1cc(S(=O)(=O)NCC(C)SC)cn1. The molecule has 0 saturated heterocycles. The first kappa shape index (κ1) is 16.5. The van der Waals surface area contributed by atoms with Crippen LogP contribution in [0.5, 0.6) is 0 Å². The van der Waals surface area contributed by atoms with Crippen molar-refractivity contribution in [2.45, 2.75) is 30.5 Å². The van der Waals surface area contributed by atoms with E-state index >= 15 is 0 Å². The molecule has 6 nitrogen and oxygen atoms in total. The van der Waals surface area contributed by atoms with Crippen LogP contribution in [-0.4, -0.2) is 49.3 Å². The number of nitrogens with zero attached hydrogens (tertiary/aromatic N) is 2. The summed E-state index contributed by atoms with van der Waals surface area (Å²) in [5, 5.41) is 7.47. The van der Waals surface area contributed by atoms with Crippen molar-refractivity contribution in [1.29, 1.82) is 0 Å². The Bertz CT molecular complexity index is 473. The predicted octanol–water partition coefficient (Wildman–Crippen LogP) is 0.522. The summed E-state index contributed by atoms with van der Waals surface area (Å²) < 4.78 is 28.2. The van der Waals surface area contributed by atoms with E-state index in [-0.39, 0.29) is 10.1 Å². The fraction of sp³-hybridized carbons (Fsp3) is 0.727. The van der Waals surface area contributed by atoms with Crippen molar-refractivity contribution < 1.29 is 8.42 Å². The molecule has 0 amide bonds. The molecule has 0 radical (unpaired) electrons. The summed E-state index contributed by atoms with van der Waals surface area (Å²) in [5.74, 6) is 0. The Morgan fingerprint density at radius 1 is 1.53 bits per heavy atom. The smallest absolute Gasteiger partial charge is 0.243 e. The number of aromatic nitrogens is 2. The lowest BCUT2D eigenvalue weighted by Gasteiger charge is -2.09. The Hall–Kier alpha value is -0.570. The van der Waals surface area contributed by atoms with Crippen molar-refractivity contribution in [3.8, 4) is 0 Å². The van der Waals surface area contributed by atoms with E-state index in [0.29, 0.717) is 13.1 Å². The number of thioether (sulfide) groups is 1. The third-order valence-corrected chi connectivity index (χ3v) is 5.00. The Labute approximate surface area is 119 Å². The fourth-order valence-corrected chi connectivity index (χ4v) is 2.81. The zero-order valence-electron chi connectivity index (χ0n) is 11.6. The molecule has 0 spiro atoms. The Balaban J connectivity index is 2.58. The van der Waals surface area contributed by atoms with Crippen molar-refractivity contribution in [3.05, 3.63) is 12.4 Å². The van der Waals surface area contributed by atoms with Crippen LogP contribution in [-0.2, 0) is 16.6 Å². The van der Waals surface area contributed by atoms with E-state index in [1.165, 1.54) is 6.20 Å². The van der Waals surface area contributed by atoms with Gasteiger partial charge in [0.25, 0.3) is 0 Å². The quantitative estimate of drug-likeness (QED) is 0.651. The summed E-state index contributed by atoms with van der Waals surface area (Å²) in [7, 11) is -3.44. The lowest BCUT2D eigenvalue weighted by Crippen LogP contribution is -2.29. The number of likely N-dealkylation sites (N-methyl/N-ethyl adjacent to an activating group) is 1. The first-order chi connectivity index (χ1) is 8.99. The molecule has 1 rings (SSSR count). The van der Waals surface area contributed by atoms with Gasteiger partial charge in [-0.15, -0.1) is 0 Å². The van der Waals surface area contributed by atoms with E-state index in [0.717, 1.165) is 13.1 Å². The van der Waals surface area contributed by atoms with Gasteiger partial charge in [0.15, 0.2) is 0 Å². The molecule has 0 aliphatic carbocycles. The largest absolute Gasteiger partial charge is 0.315 e. The van der Waals surface area contributed by atoms with Gasteiger partial charge >= 0.3 is 0 Å². The average molecular weight is 306 g/mol. The van der Waals surface area contributed by atoms with Crippen LogP contribution in [0.1, 0.15) is 13.8 Å². The molecule has 0 aliphatic rings. The molecule has 110 valence electrons. The molecule has 1 atom stereocenters. The highest BCUT2D eigenvalue weighted by Crippen LogP contribution is 2.09. The van der Waals surface area contributed by atoms with Gasteiger partial charge in [-0.2, -0.15) is 16.9 Å². The number of sulfonamides is 1. The molecule has 1 heterocycles. The Kier molecular flexibility index (Phi) is 6.84. The van der Waals surface area contributed by atoms with Gasteiger partial charge in [0.2, 0.25) is 10.0 Å². The van der Waals surface area contributed by atoms with Crippen LogP contribution in [0, 0.1) is 0 Å². The molecule has 1 aromatic heterocycles. The summed E-state index contributed by atoms with van der Waals surface area (Å²) in [6.07, 6.45) is 4.90. The van der Waals surface area contributed by atoms with Crippen LogP contribution in [0.15, 0.2) is 17.3 Å². The topological polar surface area (TPSA) is 76.0 Å². The second-order valence-corrected chi connectivity index (χ2v) is 7.23. The molecular formula is C11H22N4O2S2. The molecule has 0 fully saturated rings. The number of nitrogens with one attached hydrogen (secondary N) is 2. The Morgan fingerprint density at radius 3 is 2.89 bits per heavy atom. The minimum atomic E-state index is -3.44. The highest BCUT2D eigenvalue weighted by molar-refractivity contribution is 7.99. The van der Waals surface area contributed by atoms with Gasteiger partial charge in [-0.1, -0.05) is 13.8 Å². The number of rotatable bonds is 9. The number of hydrogen-bond donors (Lipinski definition) is 2. The van der Waals surface area contributed by atoms with Crippen molar-refractivity contribution in [3.63, 3.8) is 0 Å². The van der Waals surface area contributed by atoms with Crippen LogP contribution < -0.4 is 10.0 Å². The first-order valence-corrected chi connectivity index (χ1v) is 9.02. The van der Waals surface area contributed by atoms with Crippen molar-refractivity contribution in [2.75, 3.05) is 25.9 Å². The van der Waals surface area contributed by atoms with Gasteiger partial charge < -0.3 is 5.32 Å². The van der Waals surface area contributed by atoms with Gasteiger partial charge in [-0.05, 0) is 12.8 Å². The van der Waals surface area contributed by atoms with E-state index in [9.17, 15) is 8.42 Å². The molecule has 19 heavy (non-hydrogen) atoms. The highest BCUT2D eigenvalue weighted by Gasteiger charge is 2.17. The maximum Gasteiger partial charge on any atom is 0.243 e. The van der Waals surface area contributed by atoms with E-state index in [1.54, 1.807) is 22.6 Å². The summed E-state index contributed by atoms with van der Waals surface area (Å²) >= 11 is 1.62.